The van der Waals surface area contributed by atoms with Crippen LogP contribution in [0.1, 0.15) is 18.9 Å². The highest BCUT2D eigenvalue weighted by Crippen LogP contribution is 2.10. The number of methoxy groups -OCH3 is 1. The molecule has 1 rings (SSSR count). The van der Waals surface area contributed by atoms with Gasteiger partial charge in [0.25, 0.3) is 0 Å². The van der Waals surface area contributed by atoms with Crippen molar-refractivity contribution in [3.63, 3.8) is 0 Å². The highest BCUT2D eigenvalue weighted by Gasteiger charge is 2.08. The van der Waals surface area contributed by atoms with Gasteiger partial charge >= 0.3 is 0 Å². The number of benzene rings is 1. The van der Waals surface area contributed by atoms with Crippen molar-refractivity contribution < 1.29 is 9.13 Å². The predicted molar refractivity (Wildman–Crippen MR) is 64.1 cm³/mol. The van der Waals surface area contributed by atoms with E-state index in [2.05, 4.69) is 12.2 Å². The number of hydrogen-bond donors (Lipinski definition) is 1. The molecule has 1 unspecified atom stereocenters. The molecule has 16 heavy (non-hydrogen) atoms. The van der Waals surface area contributed by atoms with Gasteiger partial charge in [0.1, 0.15) is 5.82 Å². The summed E-state index contributed by atoms with van der Waals surface area (Å²) >= 11 is 0. The number of likely N-dealkylation sites (N-methyl/N-ethyl adjacent to an activating group) is 1. The Morgan fingerprint density at radius 3 is 2.75 bits per heavy atom. The SMILES string of the molecule is CCNC(CCc1ccccc1F)COC. The number of hydrogen-bond acceptors (Lipinski definition) is 2. The van der Waals surface area contributed by atoms with Crippen LogP contribution < -0.4 is 5.32 Å². The Hall–Kier alpha value is -0.930. The summed E-state index contributed by atoms with van der Waals surface area (Å²) in [4.78, 5) is 0. The number of nitrogens with one attached hydrogen (secondary N) is 1. The summed E-state index contributed by atoms with van der Waals surface area (Å²) in [5.74, 6) is -0.116. The molecular formula is C13H20FNO. The molecule has 0 amide bonds. The minimum Gasteiger partial charge on any atom is -0.383 e. The minimum atomic E-state index is -0.116. The summed E-state index contributed by atoms with van der Waals surface area (Å²) in [5, 5.41) is 3.33. The molecule has 1 aromatic rings. The second kappa shape index (κ2) is 7.36. The molecule has 90 valence electrons. The molecule has 0 spiro atoms. The Balaban J connectivity index is 2.45. The molecule has 0 bridgehead atoms. The number of halogens is 1. The zero-order valence-corrected chi connectivity index (χ0v) is 10.0. The fraction of sp³-hybridized carbons (Fsp3) is 0.538. The van der Waals surface area contributed by atoms with Gasteiger partial charge in [0.2, 0.25) is 0 Å². The Morgan fingerprint density at radius 2 is 2.12 bits per heavy atom. The standard InChI is InChI=1S/C13H20FNO/c1-3-15-12(10-16-2)9-8-11-6-4-5-7-13(11)14/h4-7,12,15H,3,8-10H2,1-2H3. The van der Waals surface area contributed by atoms with E-state index in [4.69, 9.17) is 4.74 Å². The third-order valence-electron chi connectivity index (χ3n) is 2.58. The monoisotopic (exact) mass is 225 g/mol. The summed E-state index contributed by atoms with van der Waals surface area (Å²) in [5.41, 5.74) is 0.779. The predicted octanol–water partition coefficient (Wildman–Crippen LogP) is 2.38. The third-order valence-corrected chi connectivity index (χ3v) is 2.58. The molecule has 0 saturated heterocycles. The molecule has 0 aliphatic carbocycles. The van der Waals surface area contributed by atoms with Crippen molar-refractivity contribution in [1.82, 2.24) is 5.32 Å². The third kappa shape index (κ3) is 4.29. The van der Waals surface area contributed by atoms with Crippen LogP contribution in [0, 0.1) is 5.82 Å². The normalized spacial score (nSPS) is 12.7. The molecular weight excluding hydrogens is 205 g/mol. The van der Waals surface area contributed by atoms with E-state index in [1.165, 1.54) is 6.07 Å². The number of aryl methyl sites for hydroxylation is 1. The van der Waals surface area contributed by atoms with E-state index in [1.807, 2.05) is 12.1 Å². The van der Waals surface area contributed by atoms with Crippen molar-refractivity contribution in [2.75, 3.05) is 20.3 Å². The lowest BCUT2D eigenvalue weighted by Gasteiger charge is -2.16. The molecule has 0 heterocycles. The first-order chi connectivity index (χ1) is 7.77. The minimum absolute atomic E-state index is 0.116. The van der Waals surface area contributed by atoms with Crippen molar-refractivity contribution in [3.8, 4) is 0 Å². The van der Waals surface area contributed by atoms with Crippen molar-refractivity contribution in [1.29, 1.82) is 0 Å². The van der Waals surface area contributed by atoms with Gasteiger partial charge in [0, 0.05) is 13.2 Å². The fourth-order valence-electron chi connectivity index (χ4n) is 1.77. The van der Waals surface area contributed by atoms with Gasteiger partial charge in [-0.3, -0.25) is 0 Å². The van der Waals surface area contributed by atoms with Crippen molar-refractivity contribution in [3.05, 3.63) is 35.6 Å². The lowest BCUT2D eigenvalue weighted by Crippen LogP contribution is -2.33. The van der Waals surface area contributed by atoms with E-state index in [1.54, 1.807) is 13.2 Å². The molecule has 0 aromatic heterocycles. The fourth-order valence-corrected chi connectivity index (χ4v) is 1.77. The van der Waals surface area contributed by atoms with Crippen LogP contribution in [0.4, 0.5) is 4.39 Å². The average Bonchev–Trinajstić information content (AvgIpc) is 2.28. The van der Waals surface area contributed by atoms with Gasteiger partial charge in [0.05, 0.1) is 6.61 Å². The molecule has 0 aliphatic heterocycles. The molecule has 3 heteroatoms. The topological polar surface area (TPSA) is 21.3 Å². The quantitative estimate of drug-likeness (QED) is 0.769. The van der Waals surface area contributed by atoms with Crippen molar-refractivity contribution >= 4 is 0 Å². The molecule has 2 nitrogen and oxygen atoms in total. The van der Waals surface area contributed by atoms with E-state index < -0.39 is 0 Å². The number of ether oxygens (including phenoxy) is 1. The molecule has 0 saturated carbocycles. The average molecular weight is 225 g/mol. The smallest absolute Gasteiger partial charge is 0.126 e. The lowest BCUT2D eigenvalue weighted by atomic mass is 10.1. The molecule has 1 N–H and O–H groups in total. The van der Waals surface area contributed by atoms with Gasteiger partial charge in [-0.1, -0.05) is 25.1 Å². The van der Waals surface area contributed by atoms with Crippen LogP contribution in [0.2, 0.25) is 0 Å². The largest absolute Gasteiger partial charge is 0.383 e. The first kappa shape index (κ1) is 13.1. The van der Waals surface area contributed by atoms with E-state index in [-0.39, 0.29) is 5.82 Å². The van der Waals surface area contributed by atoms with Crippen LogP contribution in [0.15, 0.2) is 24.3 Å². The lowest BCUT2D eigenvalue weighted by molar-refractivity contribution is 0.163. The molecule has 0 fully saturated rings. The maximum absolute atomic E-state index is 13.4. The second-order valence-electron chi connectivity index (χ2n) is 3.84. The van der Waals surface area contributed by atoms with Crippen LogP contribution in [-0.2, 0) is 11.2 Å². The van der Waals surface area contributed by atoms with Gasteiger partial charge in [-0.15, -0.1) is 0 Å². The Morgan fingerprint density at radius 1 is 1.38 bits per heavy atom. The summed E-state index contributed by atoms with van der Waals surface area (Å²) in [6.07, 6.45) is 1.64. The first-order valence-corrected chi connectivity index (χ1v) is 5.73. The summed E-state index contributed by atoms with van der Waals surface area (Å²) < 4.78 is 18.5. The first-order valence-electron chi connectivity index (χ1n) is 5.73. The molecule has 1 aromatic carbocycles. The van der Waals surface area contributed by atoms with E-state index >= 15 is 0 Å². The summed E-state index contributed by atoms with van der Waals surface area (Å²) in [6, 6.07) is 7.24. The van der Waals surface area contributed by atoms with Crippen molar-refractivity contribution in [2.24, 2.45) is 0 Å². The van der Waals surface area contributed by atoms with Gasteiger partial charge in [-0.25, -0.2) is 4.39 Å². The zero-order valence-electron chi connectivity index (χ0n) is 10.0. The maximum Gasteiger partial charge on any atom is 0.126 e. The molecule has 0 radical (unpaired) electrons. The Kier molecular flexibility index (Phi) is 6.04. The second-order valence-corrected chi connectivity index (χ2v) is 3.84. The summed E-state index contributed by atoms with van der Waals surface area (Å²) in [6.45, 7) is 3.64. The molecule has 1 atom stereocenters. The van der Waals surface area contributed by atoms with Crippen LogP contribution in [0.3, 0.4) is 0 Å². The Labute approximate surface area is 96.8 Å². The van der Waals surface area contributed by atoms with E-state index in [0.717, 1.165) is 24.9 Å². The van der Waals surface area contributed by atoms with E-state index in [0.29, 0.717) is 12.6 Å². The van der Waals surface area contributed by atoms with Crippen LogP contribution >= 0.6 is 0 Å². The van der Waals surface area contributed by atoms with Gasteiger partial charge in [0.15, 0.2) is 0 Å². The Bertz CT molecular complexity index is 298. The van der Waals surface area contributed by atoms with E-state index in [9.17, 15) is 4.39 Å². The highest BCUT2D eigenvalue weighted by molar-refractivity contribution is 5.17. The van der Waals surface area contributed by atoms with Crippen molar-refractivity contribution in [2.45, 2.75) is 25.8 Å². The van der Waals surface area contributed by atoms with Gasteiger partial charge in [-0.05, 0) is 31.0 Å². The van der Waals surface area contributed by atoms with Crippen LogP contribution in [-0.4, -0.2) is 26.3 Å². The van der Waals surface area contributed by atoms with Gasteiger partial charge < -0.3 is 10.1 Å². The van der Waals surface area contributed by atoms with Gasteiger partial charge in [-0.2, -0.15) is 0 Å². The maximum atomic E-state index is 13.4. The molecule has 0 aliphatic rings. The summed E-state index contributed by atoms with van der Waals surface area (Å²) in [7, 11) is 1.69. The highest BCUT2D eigenvalue weighted by atomic mass is 19.1. The van der Waals surface area contributed by atoms with Crippen LogP contribution in [0.5, 0.6) is 0 Å². The zero-order chi connectivity index (χ0) is 11.8. The number of rotatable bonds is 7. The van der Waals surface area contributed by atoms with Crippen LogP contribution in [0.25, 0.3) is 0 Å².